The van der Waals surface area contributed by atoms with Gasteiger partial charge >= 0.3 is 0 Å². The third-order valence-electron chi connectivity index (χ3n) is 3.05. The average molecular weight is 264 g/mol. The summed E-state index contributed by atoms with van der Waals surface area (Å²) >= 11 is 0. The van der Waals surface area contributed by atoms with Gasteiger partial charge in [-0.3, -0.25) is 0 Å². The first-order chi connectivity index (χ1) is 9.74. The van der Waals surface area contributed by atoms with Crippen molar-refractivity contribution in [2.24, 2.45) is 9.98 Å². The molecule has 2 rings (SSSR count). The smallest absolute Gasteiger partial charge is 0.211 e. The molecule has 4 heteroatoms. The third-order valence-corrected chi connectivity index (χ3v) is 3.05. The predicted octanol–water partition coefficient (Wildman–Crippen LogP) is 3.52. The SMILES string of the molecule is Cc1c(Cc2ccccc2)cc(N=C=O)cc1N=C=O. The van der Waals surface area contributed by atoms with Crippen LogP contribution in [0.4, 0.5) is 11.4 Å². The number of carbonyl (C=O) groups excluding carboxylic acids is 2. The summed E-state index contributed by atoms with van der Waals surface area (Å²) in [4.78, 5) is 28.1. The Morgan fingerprint density at radius 1 is 1.00 bits per heavy atom. The molecule has 2 aromatic carbocycles. The highest BCUT2D eigenvalue weighted by molar-refractivity contribution is 5.64. The van der Waals surface area contributed by atoms with Crippen LogP contribution in [0.2, 0.25) is 0 Å². The van der Waals surface area contributed by atoms with Gasteiger partial charge in [-0.05, 0) is 42.2 Å². The minimum atomic E-state index is 0.436. The van der Waals surface area contributed by atoms with Crippen LogP contribution in [-0.2, 0) is 16.0 Å². The highest BCUT2D eigenvalue weighted by atomic mass is 16.1. The fourth-order valence-electron chi connectivity index (χ4n) is 2.02. The maximum atomic E-state index is 10.5. The van der Waals surface area contributed by atoms with Crippen LogP contribution in [0.3, 0.4) is 0 Å². The summed E-state index contributed by atoms with van der Waals surface area (Å²) in [7, 11) is 0. The van der Waals surface area contributed by atoms with Gasteiger partial charge in [-0.25, -0.2) is 9.59 Å². The minimum absolute atomic E-state index is 0.436. The second-order valence-electron chi connectivity index (χ2n) is 4.32. The van der Waals surface area contributed by atoms with Crippen molar-refractivity contribution in [3.8, 4) is 0 Å². The molecule has 0 aliphatic heterocycles. The van der Waals surface area contributed by atoms with Gasteiger partial charge in [-0.2, -0.15) is 9.98 Å². The molecule has 0 aliphatic carbocycles. The minimum Gasteiger partial charge on any atom is -0.211 e. The lowest BCUT2D eigenvalue weighted by molar-refractivity contribution is 0.565. The first-order valence-electron chi connectivity index (χ1n) is 6.08. The van der Waals surface area contributed by atoms with Gasteiger partial charge in [0.1, 0.15) is 0 Å². The van der Waals surface area contributed by atoms with Crippen molar-refractivity contribution < 1.29 is 9.59 Å². The Bertz CT molecular complexity index is 711. The van der Waals surface area contributed by atoms with E-state index in [4.69, 9.17) is 0 Å². The lowest BCUT2D eigenvalue weighted by atomic mass is 9.98. The van der Waals surface area contributed by atoms with E-state index >= 15 is 0 Å². The zero-order valence-corrected chi connectivity index (χ0v) is 11.0. The summed E-state index contributed by atoms with van der Waals surface area (Å²) in [6, 6.07) is 13.3. The molecule has 20 heavy (non-hydrogen) atoms. The van der Waals surface area contributed by atoms with Gasteiger partial charge in [0.2, 0.25) is 12.2 Å². The van der Waals surface area contributed by atoms with Crippen molar-refractivity contribution >= 4 is 23.5 Å². The van der Waals surface area contributed by atoms with Crippen LogP contribution in [0.1, 0.15) is 16.7 Å². The van der Waals surface area contributed by atoms with Crippen molar-refractivity contribution in [3.63, 3.8) is 0 Å². The standard InChI is InChI=1S/C16H12N2O2/c1-12-14(7-13-5-3-2-4-6-13)8-15(17-10-19)9-16(12)18-11-20/h2-6,8-9H,7H2,1H3. The van der Waals surface area contributed by atoms with Crippen molar-refractivity contribution in [1.29, 1.82) is 0 Å². The van der Waals surface area contributed by atoms with Crippen molar-refractivity contribution in [2.45, 2.75) is 13.3 Å². The number of benzene rings is 2. The zero-order valence-electron chi connectivity index (χ0n) is 11.0. The maximum absolute atomic E-state index is 10.5. The summed E-state index contributed by atoms with van der Waals surface area (Å²) in [6.45, 7) is 1.88. The van der Waals surface area contributed by atoms with Gasteiger partial charge in [0.05, 0.1) is 11.4 Å². The summed E-state index contributed by atoms with van der Waals surface area (Å²) in [5.74, 6) is 0. The fourth-order valence-corrected chi connectivity index (χ4v) is 2.02. The zero-order chi connectivity index (χ0) is 14.4. The second kappa shape index (κ2) is 6.39. The van der Waals surface area contributed by atoms with E-state index in [9.17, 15) is 9.59 Å². The van der Waals surface area contributed by atoms with Crippen molar-refractivity contribution in [3.05, 3.63) is 59.2 Å². The van der Waals surface area contributed by atoms with E-state index in [0.29, 0.717) is 17.8 Å². The molecule has 0 amide bonds. The van der Waals surface area contributed by atoms with Crippen LogP contribution < -0.4 is 0 Å². The van der Waals surface area contributed by atoms with Gasteiger partial charge in [0.25, 0.3) is 0 Å². The van der Waals surface area contributed by atoms with Gasteiger partial charge in [-0.1, -0.05) is 30.3 Å². The van der Waals surface area contributed by atoms with E-state index < -0.39 is 0 Å². The number of nitrogens with zero attached hydrogens (tertiary/aromatic N) is 2. The second-order valence-corrected chi connectivity index (χ2v) is 4.32. The van der Waals surface area contributed by atoms with Crippen molar-refractivity contribution in [1.82, 2.24) is 0 Å². The first kappa shape index (κ1) is 13.6. The molecule has 0 N–H and O–H groups in total. The van der Waals surface area contributed by atoms with Crippen molar-refractivity contribution in [2.75, 3.05) is 0 Å². The summed E-state index contributed by atoms with van der Waals surface area (Å²) in [5.41, 5.74) is 3.88. The van der Waals surface area contributed by atoms with E-state index in [1.807, 2.05) is 37.3 Å². The number of hydrogen-bond acceptors (Lipinski definition) is 4. The molecule has 0 heterocycles. The Labute approximate surface area is 116 Å². The molecule has 0 spiro atoms. The molecule has 0 radical (unpaired) electrons. The Morgan fingerprint density at radius 3 is 2.35 bits per heavy atom. The highest BCUT2D eigenvalue weighted by Gasteiger charge is 2.08. The molecule has 0 atom stereocenters. The lowest BCUT2D eigenvalue weighted by Gasteiger charge is -2.09. The highest BCUT2D eigenvalue weighted by Crippen LogP contribution is 2.29. The molecule has 98 valence electrons. The number of isocyanates is 2. The lowest BCUT2D eigenvalue weighted by Crippen LogP contribution is -1.92. The fraction of sp³-hybridized carbons (Fsp3) is 0.125. The molecule has 4 nitrogen and oxygen atoms in total. The molecule has 0 saturated carbocycles. The van der Waals surface area contributed by atoms with E-state index in [0.717, 1.165) is 16.7 Å². The molecule has 0 aliphatic rings. The van der Waals surface area contributed by atoms with E-state index in [1.54, 1.807) is 12.1 Å². The molecule has 0 saturated heterocycles. The molecular weight excluding hydrogens is 252 g/mol. The van der Waals surface area contributed by atoms with Gasteiger partial charge in [0.15, 0.2) is 0 Å². The Balaban J connectivity index is 2.50. The summed E-state index contributed by atoms with van der Waals surface area (Å²) < 4.78 is 0. The topological polar surface area (TPSA) is 58.9 Å². The summed E-state index contributed by atoms with van der Waals surface area (Å²) in [5, 5.41) is 0. The van der Waals surface area contributed by atoms with Crippen LogP contribution >= 0.6 is 0 Å². The normalized spacial score (nSPS) is 9.45. The maximum Gasteiger partial charge on any atom is 0.240 e. The van der Waals surface area contributed by atoms with E-state index in [-0.39, 0.29) is 0 Å². The van der Waals surface area contributed by atoms with Gasteiger partial charge in [0, 0.05) is 0 Å². The van der Waals surface area contributed by atoms with Crippen LogP contribution in [-0.4, -0.2) is 12.2 Å². The number of hydrogen-bond donors (Lipinski definition) is 0. The Kier molecular flexibility index (Phi) is 4.35. The Morgan fingerprint density at radius 2 is 1.70 bits per heavy atom. The van der Waals surface area contributed by atoms with E-state index in [2.05, 4.69) is 9.98 Å². The first-order valence-corrected chi connectivity index (χ1v) is 6.08. The van der Waals surface area contributed by atoms with E-state index in [1.165, 1.54) is 12.2 Å². The number of rotatable bonds is 4. The van der Waals surface area contributed by atoms with Crippen LogP contribution in [0, 0.1) is 6.92 Å². The molecule has 0 aromatic heterocycles. The third kappa shape index (κ3) is 3.15. The molecule has 0 fully saturated rings. The Hall–Kier alpha value is -2.80. The monoisotopic (exact) mass is 264 g/mol. The summed E-state index contributed by atoms with van der Waals surface area (Å²) in [6.07, 6.45) is 3.70. The predicted molar refractivity (Wildman–Crippen MR) is 76.0 cm³/mol. The molecule has 0 unspecified atom stereocenters. The van der Waals surface area contributed by atoms with Crippen LogP contribution in [0.15, 0.2) is 52.4 Å². The molecule has 0 bridgehead atoms. The van der Waals surface area contributed by atoms with Gasteiger partial charge < -0.3 is 0 Å². The molecule has 2 aromatic rings. The number of aliphatic imine (C=N–C) groups is 2. The quantitative estimate of drug-likeness (QED) is 0.626. The molecular formula is C16H12N2O2. The largest absolute Gasteiger partial charge is 0.240 e. The van der Waals surface area contributed by atoms with Gasteiger partial charge in [-0.15, -0.1) is 0 Å². The van der Waals surface area contributed by atoms with Crippen LogP contribution in [0.5, 0.6) is 0 Å². The average Bonchev–Trinajstić information content (AvgIpc) is 2.45. The van der Waals surface area contributed by atoms with Crippen LogP contribution in [0.25, 0.3) is 0 Å².